The van der Waals surface area contributed by atoms with Gasteiger partial charge in [-0.3, -0.25) is 9.69 Å². The van der Waals surface area contributed by atoms with Crippen LogP contribution in [0.1, 0.15) is 23.1 Å². The Balaban J connectivity index is 1.50. The van der Waals surface area contributed by atoms with Gasteiger partial charge in [-0.05, 0) is 23.3 Å². The molecule has 0 unspecified atom stereocenters. The summed E-state index contributed by atoms with van der Waals surface area (Å²) in [4.78, 5) is 17.0. The number of rotatable bonds is 4. The molecule has 2 aromatic carbocycles. The SMILES string of the molecule is N#Cc1cccc(CN2C[C@@H]3OCCC(=O)N(Cc4ccccc4)[C@H]3C2)c1. The van der Waals surface area contributed by atoms with Crippen LogP contribution in [-0.2, 0) is 22.6 Å². The molecule has 5 heteroatoms. The Morgan fingerprint density at radius 3 is 2.67 bits per heavy atom. The quantitative estimate of drug-likeness (QED) is 0.840. The molecule has 4 rings (SSSR count). The van der Waals surface area contributed by atoms with Crippen molar-refractivity contribution in [2.24, 2.45) is 0 Å². The van der Waals surface area contributed by atoms with Crippen LogP contribution in [-0.4, -0.2) is 47.5 Å². The molecule has 0 aliphatic carbocycles. The van der Waals surface area contributed by atoms with E-state index < -0.39 is 0 Å². The van der Waals surface area contributed by atoms with Crippen molar-refractivity contribution in [3.63, 3.8) is 0 Å². The number of nitrogens with zero attached hydrogens (tertiary/aromatic N) is 3. The van der Waals surface area contributed by atoms with E-state index in [1.54, 1.807) is 0 Å². The average Bonchev–Trinajstić information content (AvgIpc) is 3.03. The smallest absolute Gasteiger partial charge is 0.225 e. The number of amides is 1. The monoisotopic (exact) mass is 361 g/mol. The largest absolute Gasteiger partial charge is 0.374 e. The van der Waals surface area contributed by atoms with Crippen LogP contribution in [0.4, 0.5) is 0 Å². The summed E-state index contributed by atoms with van der Waals surface area (Å²) in [7, 11) is 0. The minimum absolute atomic E-state index is 0.0410. The zero-order chi connectivity index (χ0) is 18.6. The minimum Gasteiger partial charge on any atom is -0.374 e. The molecule has 2 saturated heterocycles. The number of ether oxygens (including phenoxy) is 1. The predicted molar refractivity (Wildman–Crippen MR) is 102 cm³/mol. The summed E-state index contributed by atoms with van der Waals surface area (Å²) in [6.07, 6.45) is 0.489. The second-order valence-electron chi connectivity index (χ2n) is 7.24. The number of fused-ring (bicyclic) bond motifs is 1. The fourth-order valence-corrected chi connectivity index (χ4v) is 4.03. The van der Waals surface area contributed by atoms with Gasteiger partial charge in [0, 0.05) is 26.2 Å². The molecule has 1 amide bonds. The van der Waals surface area contributed by atoms with Crippen molar-refractivity contribution in [2.75, 3.05) is 19.7 Å². The van der Waals surface area contributed by atoms with Crippen LogP contribution in [0.5, 0.6) is 0 Å². The molecule has 2 aromatic rings. The fourth-order valence-electron chi connectivity index (χ4n) is 4.03. The summed E-state index contributed by atoms with van der Waals surface area (Å²) in [6.45, 7) is 3.48. The summed E-state index contributed by atoms with van der Waals surface area (Å²) in [5.41, 5.74) is 2.94. The predicted octanol–water partition coefficient (Wildman–Crippen LogP) is 2.56. The minimum atomic E-state index is 0.0410. The van der Waals surface area contributed by atoms with Crippen molar-refractivity contribution >= 4 is 5.91 Å². The maximum absolute atomic E-state index is 12.7. The lowest BCUT2D eigenvalue weighted by atomic mass is 10.1. The molecule has 0 bridgehead atoms. The molecule has 0 aromatic heterocycles. The zero-order valence-corrected chi connectivity index (χ0v) is 15.3. The topological polar surface area (TPSA) is 56.6 Å². The molecule has 138 valence electrons. The van der Waals surface area contributed by atoms with Crippen molar-refractivity contribution < 1.29 is 9.53 Å². The second-order valence-corrected chi connectivity index (χ2v) is 7.24. The molecular formula is C22H23N3O2. The molecule has 27 heavy (non-hydrogen) atoms. The van der Waals surface area contributed by atoms with Crippen LogP contribution in [0.15, 0.2) is 54.6 Å². The number of benzene rings is 2. The Morgan fingerprint density at radius 2 is 1.85 bits per heavy atom. The lowest BCUT2D eigenvalue weighted by Gasteiger charge is -2.30. The molecule has 0 N–H and O–H groups in total. The lowest BCUT2D eigenvalue weighted by molar-refractivity contribution is -0.133. The van der Waals surface area contributed by atoms with Gasteiger partial charge >= 0.3 is 0 Å². The molecule has 2 heterocycles. The summed E-state index contributed by atoms with van der Waals surface area (Å²) >= 11 is 0. The van der Waals surface area contributed by atoms with E-state index in [2.05, 4.69) is 23.1 Å². The first-order valence-electron chi connectivity index (χ1n) is 9.39. The van der Waals surface area contributed by atoms with Crippen molar-refractivity contribution in [2.45, 2.75) is 31.7 Å². The highest BCUT2D eigenvalue weighted by Crippen LogP contribution is 2.26. The van der Waals surface area contributed by atoms with Crippen LogP contribution in [0.2, 0.25) is 0 Å². The van der Waals surface area contributed by atoms with Gasteiger partial charge < -0.3 is 9.64 Å². The third-order valence-electron chi connectivity index (χ3n) is 5.34. The van der Waals surface area contributed by atoms with Gasteiger partial charge in [-0.25, -0.2) is 0 Å². The Labute approximate surface area is 159 Å². The molecule has 2 atom stereocenters. The molecule has 0 saturated carbocycles. The number of nitriles is 1. The maximum Gasteiger partial charge on any atom is 0.225 e. The molecule has 0 spiro atoms. The van der Waals surface area contributed by atoms with Crippen molar-refractivity contribution in [1.82, 2.24) is 9.80 Å². The molecule has 0 radical (unpaired) electrons. The lowest BCUT2D eigenvalue weighted by Crippen LogP contribution is -2.45. The Morgan fingerprint density at radius 1 is 1.04 bits per heavy atom. The first-order valence-corrected chi connectivity index (χ1v) is 9.39. The summed E-state index contributed by atoms with van der Waals surface area (Å²) in [6, 6.07) is 20.1. The second kappa shape index (κ2) is 7.91. The van der Waals surface area contributed by atoms with E-state index in [0.717, 1.165) is 30.8 Å². The van der Waals surface area contributed by atoms with Crippen molar-refractivity contribution in [3.8, 4) is 6.07 Å². The average molecular weight is 361 g/mol. The third-order valence-corrected chi connectivity index (χ3v) is 5.34. The van der Waals surface area contributed by atoms with Crippen LogP contribution in [0.3, 0.4) is 0 Å². The normalized spacial score (nSPS) is 22.9. The van der Waals surface area contributed by atoms with Crippen LogP contribution >= 0.6 is 0 Å². The van der Waals surface area contributed by atoms with Gasteiger partial charge in [-0.2, -0.15) is 5.26 Å². The van der Waals surface area contributed by atoms with Gasteiger partial charge in [0.1, 0.15) is 0 Å². The van der Waals surface area contributed by atoms with Crippen molar-refractivity contribution in [3.05, 3.63) is 71.3 Å². The standard InChI is InChI=1S/C22H23N3O2/c23-12-18-7-4-8-19(11-18)13-24-15-20-21(16-24)27-10-9-22(26)25(20)14-17-5-2-1-3-6-17/h1-8,11,20-21H,9-10,13-16H2/t20-,21-/m0/s1. The van der Waals surface area contributed by atoms with Gasteiger partial charge in [0.15, 0.2) is 0 Å². The fraction of sp³-hybridized carbons (Fsp3) is 0.364. The highest BCUT2D eigenvalue weighted by atomic mass is 16.5. The highest BCUT2D eigenvalue weighted by molar-refractivity contribution is 5.77. The first kappa shape index (κ1) is 17.7. The Kier molecular flexibility index (Phi) is 5.19. The van der Waals surface area contributed by atoms with E-state index in [1.807, 2.05) is 47.4 Å². The van der Waals surface area contributed by atoms with Gasteiger partial charge in [-0.15, -0.1) is 0 Å². The summed E-state index contributed by atoms with van der Waals surface area (Å²) in [5, 5.41) is 9.10. The number of carbonyl (C=O) groups is 1. The van der Waals surface area contributed by atoms with Gasteiger partial charge in [0.2, 0.25) is 5.91 Å². The number of hydrogen-bond donors (Lipinski definition) is 0. The van der Waals surface area contributed by atoms with Gasteiger partial charge in [-0.1, -0.05) is 42.5 Å². The molecule has 5 nitrogen and oxygen atoms in total. The number of hydrogen-bond acceptors (Lipinski definition) is 4. The van der Waals surface area contributed by atoms with Crippen LogP contribution in [0.25, 0.3) is 0 Å². The van der Waals surface area contributed by atoms with Crippen LogP contribution in [0, 0.1) is 11.3 Å². The highest BCUT2D eigenvalue weighted by Gasteiger charge is 2.41. The summed E-state index contributed by atoms with van der Waals surface area (Å²) < 4.78 is 6.02. The molecule has 2 aliphatic heterocycles. The van der Waals surface area contributed by atoms with E-state index in [4.69, 9.17) is 10.00 Å². The van der Waals surface area contributed by atoms with Crippen LogP contribution < -0.4 is 0 Å². The van der Waals surface area contributed by atoms with E-state index in [9.17, 15) is 4.79 Å². The van der Waals surface area contributed by atoms with Gasteiger partial charge in [0.25, 0.3) is 0 Å². The zero-order valence-electron chi connectivity index (χ0n) is 15.3. The van der Waals surface area contributed by atoms with E-state index in [-0.39, 0.29) is 18.1 Å². The first-order chi connectivity index (χ1) is 13.2. The number of carbonyl (C=O) groups excluding carboxylic acids is 1. The maximum atomic E-state index is 12.7. The Bertz CT molecular complexity index is 846. The Hall–Kier alpha value is -2.68. The van der Waals surface area contributed by atoms with E-state index in [0.29, 0.717) is 25.1 Å². The van der Waals surface area contributed by atoms with Crippen molar-refractivity contribution in [1.29, 1.82) is 5.26 Å². The van der Waals surface area contributed by atoms with E-state index in [1.165, 1.54) is 0 Å². The van der Waals surface area contributed by atoms with Gasteiger partial charge in [0.05, 0.1) is 36.8 Å². The number of likely N-dealkylation sites (tertiary alicyclic amines) is 1. The molecular weight excluding hydrogens is 338 g/mol. The molecule has 2 fully saturated rings. The summed E-state index contributed by atoms with van der Waals surface area (Å²) in [5.74, 6) is 0.166. The third kappa shape index (κ3) is 4.02. The van der Waals surface area contributed by atoms with E-state index >= 15 is 0 Å². The molecule has 2 aliphatic rings.